The van der Waals surface area contributed by atoms with Crippen molar-refractivity contribution in [3.63, 3.8) is 0 Å². The monoisotopic (exact) mass is 252 g/mol. The number of morpholine rings is 1. The predicted octanol–water partition coefficient (Wildman–Crippen LogP) is 0.448. The third-order valence-corrected chi connectivity index (χ3v) is 3.61. The van der Waals surface area contributed by atoms with Crippen molar-refractivity contribution in [3.8, 4) is 0 Å². The molecular weight excluding hydrogens is 232 g/mol. The van der Waals surface area contributed by atoms with Crippen LogP contribution in [-0.2, 0) is 11.2 Å². The van der Waals surface area contributed by atoms with E-state index in [0.29, 0.717) is 5.92 Å². The molecule has 2 saturated heterocycles. The van der Waals surface area contributed by atoms with Crippen LogP contribution in [0.25, 0.3) is 0 Å². The maximum atomic E-state index is 5.35. The summed E-state index contributed by atoms with van der Waals surface area (Å²) < 4.78 is 10.7. The van der Waals surface area contributed by atoms with Crippen molar-refractivity contribution < 1.29 is 9.26 Å². The van der Waals surface area contributed by atoms with Crippen LogP contribution in [0.15, 0.2) is 4.52 Å². The van der Waals surface area contributed by atoms with E-state index >= 15 is 0 Å². The molecule has 1 aromatic heterocycles. The van der Waals surface area contributed by atoms with Crippen LogP contribution in [0, 0.1) is 5.92 Å². The molecule has 6 heteroatoms. The zero-order chi connectivity index (χ0) is 12.2. The van der Waals surface area contributed by atoms with Gasteiger partial charge in [0.25, 0.3) is 5.95 Å². The molecule has 100 valence electrons. The number of ether oxygens (including phenoxy) is 1. The molecule has 3 rings (SSSR count). The highest BCUT2D eigenvalue weighted by atomic mass is 16.5. The highest BCUT2D eigenvalue weighted by molar-refractivity contribution is 5.28. The van der Waals surface area contributed by atoms with Crippen molar-refractivity contribution in [1.29, 1.82) is 0 Å². The highest BCUT2D eigenvalue weighted by Gasteiger charge is 2.20. The number of piperidine rings is 1. The molecule has 1 unspecified atom stereocenters. The van der Waals surface area contributed by atoms with Gasteiger partial charge in [0.15, 0.2) is 0 Å². The topological polar surface area (TPSA) is 63.4 Å². The number of nitrogens with zero attached hydrogens (tertiary/aromatic N) is 3. The maximum Gasteiger partial charge on any atom is 0.266 e. The Morgan fingerprint density at radius 2 is 2.22 bits per heavy atom. The van der Waals surface area contributed by atoms with Gasteiger partial charge in [0.1, 0.15) is 0 Å². The van der Waals surface area contributed by atoms with Crippen LogP contribution >= 0.6 is 0 Å². The first kappa shape index (κ1) is 11.9. The van der Waals surface area contributed by atoms with Gasteiger partial charge in [-0.05, 0) is 37.0 Å². The van der Waals surface area contributed by atoms with E-state index in [1.54, 1.807) is 0 Å². The van der Waals surface area contributed by atoms with Gasteiger partial charge in [0.2, 0.25) is 5.89 Å². The van der Waals surface area contributed by atoms with Gasteiger partial charge in [0.05, 0.1) is 13.2 Å². The number of hydrogen-bond donors (Lipinski definition) is 1. The van der Waals surface area contributed by atoms with Gasteiger partial charge >= 0.3 is 0 Å². The summed E-state index contributed by atoms with van der Waals surface area (Å²) in [6.45, 7) is 5.40. The highest BCUT2D eigenvalue weighted by Crippen LogP contribution is 2.17. The average Bonchev–Trinajstić information content (AvgIpc) is 2.89. The minimum Gasteiger partial charge on any atom is -0.378 e. The van der Waals surface area contributed by atoms with Crippen LogP contribution in [0.1, 0.15) is 18.7 Å². The van der Waals surface area contributed by atoms with E-state index in [-0.39, 0.29) is 0 Å². The number of aromatic nitrogens is 2. The fourth-order valence-electron chi connectivity index (χ4n) is 2.57. The zero-order valence-corrected chi connectivity index (χ0v) is 10.6. The van der Waals surface area contributed by atoms with Gasteiger partial charge in [0, 0.05) is 19.5 Å². The fraction of sp³-hybridized carbons (Fsp3) is 0.833. The SMILES string of the molecule is C1CNCC(Cc2nc(N3CCOCC3)no2)C1. The summed E-state index contributed by atoms with van der Waals surface area (Å²) >= 11 is 0. The summed E-state index contributed by atoms with van der Waals surface area (Å²) in [5.74, 6) is 2.12. The fourth-order valence-corrected chi connectivity index (χ4v) is 2.57. The molecule has 0 amide bonds. The van der Waals surface area contributed by atoms with E-state index in [9.17, 15) is 0 Å². The van der Waals surface area contributed by atoms with Gasteiger partial charge in [-0.15, -0.1) is 0 Å². The van der Waals surface area contributed by atoms with Crippen LogP contribution in [0.3, 0.4) is 0 Å². The molecule has 0 radical (unpaired) electrons. The molecule has 1 aromatic rings. The van der Waals surface area contributed by atoms with Crippen LogP contribution < -0.4 is 10.2 Å². The van der Waals surface area contributed by atoms with Crippen molar-refractivity contribution >= 4 is 5.95 Å². The summed E-state index contributed by atoms with van der Waals surface area (Å²) in [4.78, 5) is 6.61. The number of anilines is 1. The molecule has 2 aliphatic rings. The molecule has 6 nitrogen and oxygen atoms in total. The van der Waals surface area contributed by atoms with Gasteiger partial charge < -0.3 is 19.5 Å². The molecule has 1 atom stereocenters. The van der Waals surface area contributed by atoms with E-state index < -0.39 is 0 Å². The quantitative estimate of drug-likeness (QED) is 0.842. The van der Waals surface area contributed by atoms with Crippen molar-refractivity contribution in [3.05, 3.63) is 5.89 Å². The Labute approximate surface area is 107 Å². The van der Waals surface area contributed by atoms with Gasteiger partial charge in [-0.25, -0.2) is 0 Å². The Morgan fingerprint density at radius 3 is 3.00 bits per heavy atom. The Morgan fingerprint density at radius 1 is 1.33 bits per heavy atom. The second-order valence-corrected chi connectivity index (χ2v) is 5.00. The Kier molecular flexibility index (Phi) is 3.75. The summed E-state index contributed by atoms with van der Waals surface area (Å²) in [5, 5.41) is 7.48. The van der Waals surface area contributed by atoms with Crippen LogP contribution in [0.4, 0.5) is 5.95 Å². The lowest BCUT2D eigenvalue weighted by atomic mass is 9.96. The minimum atomic E-state index is 0.636. The first-order valence-electron chi connectivity index (χ1n) is 6.78. The first-order valence-corrected chi connectivity index (χ1v) is 6.78. The van der Waals surface area contributed by atoms with Gasteiger partial charge in [-0.3, -0.25) is 0 Å². The number of hydrogen-bond acceptors (Lipinski definition) is 6. The van der Waals surface area contributed by atoms with E-state index in [4.69, 9.17) is 9.26 Å². The third kappa shape index (κ3) is 2.81. The summed E-state index contributed by atoms with van der Waals surface area (Å²) in [5.41, 5.74) is 0. The minimum absolute atomic E-state index is 0.636. The van der Waals surface area contributed by atoms with E-state index in [0.717, 1.165) is 57.7 Å². The normalized spacial score (nSPS) is 25.3. The molecular formula is C12H20N4O2. The molecule has 2 aliphatic heterocycles. The molecule has 18 heavy (non-hydrogen) atoms. The largest absolute Gasteiger partial charge is 0.378 e. The Hall–Kier alpha value is -1.14. The van der Waals surface area contributed by atoms with Crippen LogP contribution in [-0.4, -0.2) is 49.5 Å². The van der Waals surface area contributed by atoms with Crippen molar-refractivity contribution in [2.75, 3.05) is 44.3 Å². The Bertz CT molecular complexity index is 370. The van der Waals surface area contributed by atoms with E-state index in [2.05, 4.69) is 20.4 Å². The van der Waals surface area contributed by atoms with Crippen molar-refractivity contribution in [1.82, 2.24) is 15.5 Å². The first-order chi connectivity index (χ1) is 8.92. The van der Waals surface area contributed by atoms with E-state index in [1.165, 1.54) is 12.8 Å². The lowest BCUT2D eigenvalue weighted by molar-refractivity contribution is 0.121. The molecule has 0 spiro atoms. The lowest BCUT2D eigenvalue weighted by Crippen LogP contribution is -2.36. The molecule has 1 N–H and O–H groups in total. The lowest BCUT2D eigenvalue weighted by Gasteiger charge is -2.24. The smallest absolute Gasteiger partial charge is 0.266 e. The molecule has 0 bridgehead atoms. The Balaban J connectivity index is 1.58. The summed E-state index contributed by atoms with van der Waals surface area (Å²) in [7, 11) is 0. The molecule has 0 aromatic carbocycles. The summed E-state index contributed by atoms with van der Waals surface area (Å²) in [6, 6.07) is 0. The van der Waals surface area contributed by atoms with Crippen LogP contribution in [0.2, 0.25) is 0 Å². The zero-order valence-electron chi connectivity index (χ0n) is 10.6. The van der Waals surface area contributed by atoms with E-state index in [1.807, 2.05) is 0 Å². The van der Waals surface area contributed by atoms with Gasteiger partial charge in [-0.1, -0.05) is 0 Å². The average molecular weight is 252 g/mol. The second-order valence-electron chi connectivity index (χ2n) is 5.00. The van der Waals surface area contributed by atoms with Crippen molar-refractivity contribution in [2.24, 2.45) is 5.92 Å². The number of nitrogens with one attached hydrogen (secondary N) is 1. The molecule has 0 aliphatic carbocycles. The van der Waals surface area contributed by atoms with Crippen molar-refractivity contribution in [2.45, 2.75) is 19.3 Å². The summed E-state index contributed by atoms with van der Waals surface area (Å²) in [6.07, 6.45) is 3.39. The number of rotatable bonds is 3. The molecule has 0 saturated carbocycles. The molecule has 3 heterocycles. The standard InChI is InChI=1S/C12H20N4O2/c1-2-10(9-13-3-1)8-11-14-12(15-18-11)16-4-6-17-7-5-16/h10,13H,1-9H2. The second kappa shape index (κ2) is 5.67. The molecule has 2 fully saturated rings. The van der Waals surface area contributed by atoms with Crippen LogP contribution in [0.5, 0.6) is 0 Å². The third-order valence-electron chi connectivity index (χ3n) is 3.61. The maximum absolute atomic E-state index is 5.35. The predicted molar refractivity (Wildman–Crippen MR) is 66.6 cm³/mol. The van der Waals surface area contributed by atoms with Gasteiger partial charge in [-0.2, -0.15) is 4.98 Å².